The maximum Gasteiger partial charge on any atom is 3.00 e. The standard InChI is InChI=1S/C95H167N23O31.Gd/c1-71(2)44-115(80(124)53-100-14-26-106(59-86(132)133)32-38-112(65-92(144)145)39-33-107(27-15-100)60-87(134)135)49-76(120)10-11-95(68-96-77(121)50-116(45-72(3)4)81(125)54-101-16-24-104(57-84(128)129)22-12-99(48-75(9)119)13-23-105(25-17-101)58-85(130)131,69-97-78(122)51-117(46-73(5)6)82(126)55-102-18-28-108(61-88(136)137)34-40-113(66-93(146)147)41-35-109(29-19-102)62-89(138)139)70-98-79(123)52-118(47-74(7)8)83(127)56-103-20-30-110(63-90(140)141)36-42-114(67-94(148)149)43-37-111(31-21-103)64-91(142)143;/h71-74H,10-70H2,1-9H3,(H,96,121)(H,97,122)(H,98,123)(H,128,129)(H,130,131)(H,132,133)(H,134,135)(H,136,137)(H,138,139)(H,140,141)(H,142,143)(H,144,145)(H,146,147)(H,148,149);/q;+3/p-2. The summed E-state index contributed by atoms with van der Waals surface area (Å²) in [5.74, 6) is -20.6. The molecule has 0 bridgehead atoms. The second-order valence-corrected chi connectivity index (χ2v) is 40.9. The number of rotatable bonds is 57. The van der Waals surface area contributed by atoms with Crippen LogP contribution in [0.15, 0.2) is 0 Å². The van der Waals surface area contributed by atoms with Crippen LogP contribution in [-0.2, 0) is 95.9 Å². The third kappa shape index (κ3) is 61.4. The summed E-state index contributed by atoms with van der Waals surface area (Å²) in [5.41, 5.74) is -1.79. The second-order valence-electron chi connectivity index (χ2n) is 40.9. The van der Waals surface area contributed by atoms with Gasteiger partial charge in [0.15, 0.2) is 5.78 Å². The molecule has 0 aromatic heterocycles. The van der Waals surface area contributed by atoms with Crippen molar-refractivity contribution >= 4 is 119 Å². The molecule has 1 radical (unpaired) electrons. The number of carbonyl (C=O) groups is 20. The van der Waals surface area contributed by atoms with Gasteiger partial charge in [0, 0.05) is 280 Å². The van der Waals surface area contributed by atoms with Crippen LogP contribution in [0.25, 0.3) is 0 Å². The number of nitrogens with one attached hydrogen (secondary N) is 3. The first-order chi connectivity index (χ1) is 70.1. The predicted octanol–water partition coefficient (Wildman–Crippen LogP) is -10.7. The first-order valence-corrected chi connectivity index (χ1v) is 51.0. The summed E-state index contributed by atoms with van der Waals surface area (Å²) in [6, 6.07) is 0. The fraction of sp³-hybridized carbons (Fsp3) is 0.789. The van der Waals surface area contributed by atoms with E-state index < -0.39 is 275 Å². The molecular formula is C95H165GdN23O31+. The predicted molar refractivity (Wildman–Crippen MR) is 534 cm³/mol. The van der Waals surface area contributed by atoms with Gasteiger partial charge in [-0.25, -0.2) is 0 Å². The molecular weight excluding hydrogens is 2120 g/mol. The van der Waals surface area contributed by atoms with E-state index in [0.29, 0.717) is 0 Å². The van der Waals surface area contributed by atoms with E-state index in [1.54, 1.807) is 129 Å². The van der Waals surface area contributed by atoms with E-state index in [0.717, 1.165) is 0 Å². The Labute approximate surface area is 909 Å². The third-order valence-corrected chi connectivity index (χ3v) is 25.6. The van der Waals surface area contributed by atoms with Gasteiger partial charge in [0.1, 0.15) is 5.78 Å². The number of hydrogen-bond acceptors (Lipinski definition) is 38. The maximum absolute atomic E-state index is 15.4. The summed E-state index contributed by atoms with van der Waals surface area (Å²) in [7, 11) is 0. The molecule has 0 aromatic carbocycles. The summed E-state index contributed by atoms with van der Waals surface area (Å²) in [4.78, 5) is 300. The number of carboxylic acids is 11. The van der Waals surface area contributed by atoms with Gasteiger partial charge in [-0.1, -0.05) is 55.4 Å². The Bertz CT molecular complexity index is 3670. The average molecular weight is 2280 g/mol. The van der Waals surface area contributed by atoms with E-state index in [1.807, 2.05) is 0 Å². The van der Waals surface area contributed by atoms with E-state index in [4.69, 9.17) is 0 Å². The van der Waals surface area contributed by atoms with Crippen molar-refractivity contribution in [3.8, 4) is 0 Å². The van der Waals surface area contributed by atoms with Gasteiger partial charge in [-0.3, -0.25) is 165 Å². The fourth-order valence-electron chi connectivity index (χ4n) is 17.9. The van der Waals surface area contributed by atoms with E-state index in [9.17, 15) is 114 Å². The van der Waals surface area contributed by atoms with E-state index in [2.05, 4.69) is 16.0 Å². The SMILES string of the molecule is CC(=O)CN1CCN(CC(=O)[O-])CCN(CC(=O)N(CC(=O)NCC(CCC(=O)CN(CC(C)C)C(=O)CN2CCN(CC(=O)[O-])CCN(CC(=O)O)CCN(CC(=O)O)CC2)(CNC(=O)CN(CC(C)C)C(=O)CN2CCN(CC(=O)O)CCN(CC(=O)O)CCN(CC(=O)O)CC2)CNC(=O)CN(CC(C)C)C(=O)CN2CCN(CC(=O)O)CCN(CC(=O)O)CCN(CC(=O)O)CC2)CC(C)C)CCN(CC(=O)O)CC1.[Gd+3]. The Morgan fingerprint density at radius 3 is 0.533 bits per heavy atom. The van der Waals surface area contributed by atoms with Crippen LogP contribution in [-0.4, -0.2) is 649 Å². The number of hydrogen-bond donors (Lipinski definition) is 12. The molecule has 0 saturated carbocycles. The first kappa shape index (κ1) is 135. The minimum atomic E-state index is -1.79. The Kier molecular flexibility index (Phi) is 64.8. The van der Waals surface area contributed by atoms with Gasteiger partial charge in [-0.2, -0.15) is 0 Å². The smallest absolute Gasteiger partial charge is 0.549 e. The topological polar surface area (TPSA) is 670 Å². The zero-order valence-corrected chi connectivity index (χ0v) is 91.0. The Morgan fingerprint density at radius 1 is 0.240 bits per heavy atom. The van der Waals surface area contributed by atoms with Crippen molar-refractivity contribution in [2.75, 3.05) is 386 Å². The minimum Gasteiger partial charge on any atom is -0.549 e. The molecule has 0 atom stereocenters. The normalized spacial score (nSPS) is 17.9. The van der Waals surface area contributed by atoms with Crippen LogP contribution >= 0.6 is 0 Å². The number of Topliss-reactive ketones (excluding diaryl/α,β-unsaturated/α-hetero) is 2. The molecule has 0 unspecified atom stereocenters. The molecule has 7 amide bonds. The summed E-state index contributed by atoms with van der Waals surface area (Å²) in [6.45, 7) is 5.98. The van der Waals surface area contributed by atoms with Crippen LogP contribution in [0.1, 0.15) is 75.2 Å². The van der Waals surface area contributed by atoms with Crippen molar-refractivity contribution in [2.45, 2.75) is 75.2 Å². The van der Waals surface area contributed by atoms with Crippen LogP contribution in [0.5, 0.6) is 0 Å². The Balaban J connectivity index is 0.0000578. The van der Waals surface area contributed by atoms with Gasteiger partial charge < -0.3 is 101 Å². The van der Waals surface area contributed by atoms with Crippen LogP contribution < -0.4 is 26.2 Å². The minimum absolute atomic E-state index is 0. The molecule has 4 fully saturated rings. The van der Waals surface area contributed by atoms with Crippen molar-refractivity contribution in [3.63, 3.8) is 0 Å². The average Bonchev–Trinajstić information content (AvgIpc) is 0.836. The first-order valence-electron chi connectivity index (χ1n) is 51.0. The number of nitrogens with zero attached hydrogens (tertiary/aromatic N) is 20. The summed E-state index contributed by atoms with van der Waals surface area (Å²) in [6.07, 6.45) is -0.919. The van der Waals surface area contributed by atoms with Crippen molar-refractivity contribution in [1.29, 1.82) is 0 Å². The number of ketones is 2. The van der Waals surface area contributed by atoms with Gasteiger partial charge >= 0.3 is 93.7 Å². The van der Waals surface area contributed by atoms with E-state index in [-0.39, 0.29) is 312 Å². The molecule has 853 valence electrons. The van der Waals surface area contributed by atoms with Gasteiger partial charge in [-0.15, -0.1) is 0 Å². The fourth-order valence-corrected chi connectivity index (χ4v) is 17.9. The summed E-state index contributed by atoms with van der Waals surface area (Å²) < 4.78 is 0. The zero-order chi connectivity index (χ0) is 111. The van der Waals surface area contributed by atoms with Crippen LogP contribution in [0.2, 0.25) is 0 Å². The Morgan fingerprint density at radius 2 is 0.387 bits per heavy atom. The van der Waals surface area contributed by atoms with Crippen molar-refractivity contribution in [3.05, 3.63) is 0 Å². The molecule has 0 aromatic rings. The Hall–Kier alpha value is -9.52. The number of carboxylic acid groups (broad SMARTS) is 11. The summed E-state index contributed by atoms with van der Waals surface area (Å²) in [5, 5.41) is 123. The third-order valence-electron chi connectivity index (χ3n) is 25.6. The molecule has 4 aliphatic rings. The van der Waals surface area contributed by atoms with Crippen molar-refractivity contribution < 1.29 is 192 Å². The van der Waals surface area contributed by atoms with Gasteiger partial charge in [0.25, 0.3) is 0 Å². The largest absolute Gasteiger partial charge is 3.00 e. The molecule has 4 aliphatic heterocycles. The summed E-state index contributed by atoms with van der Waals surface area (Å²) >= 11 is 0. The molecule has 0 spiro atoms. The molecule has 54 nitrogen and oxygen atoms in total. The van der Waals surface area contributed by atoms with E-state index >= 15 is 38.4 Å². The molecule has 4 rings (SSSR count). The molecule has 150 heavy (non-hydrogen) atoms. The maximum atomic E-state index is 15.4. The zero-order valence-electron chi connectivity index (χ0n) is 88.7. The molecule has 55 heteroatoms. The van der Waals surface area contributed by atoms with Gasteiger partial charge in [0.2, 0.25) is 41.4 Å². The van der Waals surface area contributed by atoms with Crippen molar-refractivity contribution in [1.82, 2.24) is 114 Å². The van der Waals surface area contributed by atoms with Gasteiger partial charge in [0.05, 0.1) is 130 Å². The number of aliphatic carboxylic acids is 11. The quantitative estimate of drug-likeness (QED) is 0.0269. The van der Waals surface area contributed by atoms with Crippen LogP contribution in [0, 0.1) is 69.0 Å². The van der Waals surface area contributed by atoms with E-state index in [1.165, 1.54) is 31.4 Å². The second kappa shape index (κ2) is 72.2. The molecule has 4 heterocycles. The van der Waals surface area contributed by atoms with Crippen LogP contribution in [0.3, 0.4) is 0 Å². The molecule has 4 saturated heterocycles. The number of carbonyl (C=O) groups excluding carboxylic acids is 11. The number of amides is 7. The molecule has 12 N–H and O–H groups in total. The monoisotopic (exact) mass is 2280 g/mol. The van der Waals surface area contributed by atoms with Crippen molar-refractivity contribution in [2.24, 2.45) is 29.1 Å². The van der Waals surface area contributed by atoms with Gasteiger partial charge in [-0.05, 0) is 37.0 Å². The van der Waals surface area contributed by atoms with Crippen LogP contribution in [0.4, 0.5) is 0 Å². The molecule has 0 aliphatic carbocycles.